The molecule has 46 heavy (non-hydrogen) atoms. The first-order chi connectivity index (χ1) is 21.8. The minimum Gasteiger partial charge on any atom is -0.478 e. The number of carboxylic acids is 1. The number of benzene rings is 3. The van der Waals surface area contributed by atoms with Crippen molar-refractivity contribution in [2.75, 3.05) is 0 Å². The van der Waals surface area contributed by atoms with E-state index in [2.05, 4.69) is 16.0 Å². The number of aliphatic hydroxyl groups excluding tert-OH is 2. The van der Waals surface area contributed by atoms with E-state index in [1.165, 1.54) is 12.1 Å². The smallest absolute Gasteiger partial charge is 0.335 e. The highest BCUT2D eigenvalue weighted by atomic mass is 16.5. The lowest BCUT2D eigenvalue weighted by Gasteiger charge is -2.28. The lowest BCUT2D eigenvalue weighted by molar-refractivity contribution is -0.133. The summed E-state index contributed by atoms with van der Waals surface area (Å²) in [5, 5.41) is 39.0. The molecule has 0 aliphatic rings. The van der Waals surface area contributed by atoms with Gasteiger partial charge in [0.15, 0.2) is 6.10 Å². The van der Waals surface area contributed by atoms with Gasteiger partial charge in [0.2, 0.25) is 11.8 Å². The molecular formula is C35H43N3O8. The number of carbonyl (C=O) groups is 4. The summed E-state index contributed by atoms with van der Waals surface area (Å²) >= 11 is 0. The standard InChI is InChI=1S/C35H43N3O8/c1-21(2)17-28(37-34(43)32(41)25-9-8-12-27(18-25)46-26-10-6-5-7-11-26)29(39)19-30(40)38-31(22(3)4)33(42)36-20-23-13-15-24(16-14-23)35(44)45/h5-16,18,21-22,28-29,31-32,39,41H,17,19-20H2,1-4H3,(H,36,42)(H,37,43)(H,38,40)(H,44,45)/t28-,29-,31-,32?/m0/s1. The molecule has 0 aliphatic carbocycles. The van der Waals surface area contributed by atoms with Gasteiger partial charge in [-0.05, 0) is 65.8 Å². The van der Waals surface area contributed by atoms with Gasteiger partial charge in [-0.3, -0.25) is 14.4 Å². The van der Waals surface area contributed by atoms with Crippen LogP contribution < -0.4 is 20.7 Å². The number of hydrogen-bond acceptors (Lipinski definition) is 7. The Morgan fingerprint density at radius 2 is 1.43 bits per heavy atom. The van der Waals surface area contributed by atoms with Gasteiger partial charge in [-0.25, -0.2) is 4.79 Å². The first-order valence-corrected chi connectivity index (χ1v) is 15.2. The summed E-state index contributed by atoms with van der Waals surface area (Å²) in [5.74, 6) is -2.01. The number of hydrogen-bond donors (Lipinski definition) is 6. The number of ether oxygens (including phenoxy) is 1. The Hall–Kier alpha value is -4.74. The van der Waals surface area contributed by atoms with E-state index in [-0.39, 0.29) is 30.4 Å². The second kappa shape index (κ2) is 17.1. The zero-order chi connectivity index (χ0) is 33.8. The van der Waals surface area contributed by atoms with Crippen molar-refractivity contribution in [1.82, 2.24) is 16.0 Å². The predicted molar refractivity (Wildman–Crippen MR) is 172 cm³/mol. The highest BCUT2D eigenvalue weighted by Crippen LogP contribution is 2.25. The quantitative estimate of drug-likeness (QED) is 0.138. The van der Waals surface area contributed by atoms with Crippen molar-refractivity contribution >= 4 is 23.7 Å². The molecule has 0 saturated carbocycles. The molecule has 3 amide bonds. The average molecular weight is 634 g/mol. The van der Waals surface area contributed by atoms with Crippen LogP contribution in [0.1, 0.15) is 68.1 Å². The SMILES string of the molecule is CC(C)C[C@H](NC(=O)C(O)c1cccc(Oc2ccccc2)c1)[C@@H](O)CC(=O)N[C@H](C(=O)NCc1ccc(C(=O)O)cc1)C(C)C. The number of aliphatic hydroxyl groups is 2. The summed E-state index contributed by atoms with van der Waals surface area (Å²) in [6, 6.07) is 19.9. The fourth-order valence-electron chi connectivity index (χ4n) is 4.77. The molecule has 0 aliphatic heterocycles. The molecule has 0 aromatic heterocycles. The molecule has 0 saturated heterocycles. The summed E-state index contributed by atoms with van der Waals surface area (Å²) in [6.45, 7) is 7.48. The second-order valence-corrected chi connectivity index (χ2v) is 11.9. The molecular weight excluding hydrogens is 590 g/mol. The molecule has 6 N–H and O–H groups in total. The topological polar surface area (TPSA) is 174 Å². The first-order valence-electron chi connectivity index (χ1n) is 15.2. The second-order valence-electron chi connectivity index (χ2n) is 11.9. The van der Waals surface area contributed by atoms with E-state index in [0.29, 0.717) is 29.0 Å². The molecule has 3 aromatic rings. The van der Waals surface area contributed by atoms with Crippen molar-refractivity contribution in [3.8, 4) is 11.5 Å². The molecule has 3 rings (SSSR count). The summed E-state index contributed by atoms with van der Waals surface area (Å²) in [6.07, 6.45) is -2.90. The Labute approximate surface area is 269 Å². The predicted octanol–water partition coefficient (Wildman–Crippen LogP) is 3.95. The van der Waals surface area contributed by atoms with Gasteiger partial charge in [-0.15, -0.1) is 0 Å². The van der Waals surface area contributed by atoms with Crippen LogP contribution in [0.15, 0.2) is 78.9 Å². The van der Waals surface area contributed by atoms with Crippen LogP contribution in [0.5, 0.6) is 11.5 Å². The average Bonchev–Trinajstić information content (AvgIpc) is 3.02. The molecule has 0 radical (unpaired) electrons. The molecule has 1 unspecified atom stereocenters. The van der Waals surface area contributed by atoms with Crippen molar-refractivity contribution in [3.63, 3.8) is 0 Å². The third-order valence-electron chi connectivity index (χ3n) is 7.25. The summed E-state index contributed by atoms with van der Waals surface area (Å²) in [7, 11) is 0. The molecule has 3 aromatic carbocycles. The minimum atomic E-state index is -1.55. The highest BCUT2D eigenvalue weighted by molar-refractivity contribution is 5.89. The molecule has 11 nitrogen and oxygen atoms in total. The van der Waals surface area contributed by atoms with E-state index < -0.39 is 48.0 Å². The van der Waals surface area contributed by atoms with Crippen LogP contribution in [0.3, 0.4) is 0 Å². The highest BCUT2D eigenvalue weighted by Gasteiger charge is 2.30. The van der Waals surface area contributed by atoms with Crippen LogP contribution >= 0.6 is 0 Å². The van der Waals surface area contributed by atoms with E-state index in [0.717, 1.165) is 0 Å². The van der Waals surface area contributed by atoms with Crippen molar-refractivity contribution in [3.05, 3.63) is 95.6 Å². The van der Waals surface area contributed by atoms with Gasteiger partial charge in [-0.2, -0.15) is 0 Å². The van der Waals surface area contributed by atoms with Crippen molar-refractivity contribution in [1.29, 1.82) is 0 Å². The fraction of sp³-hybridized carbons (Fsp3) is 0.371. The van der Waals surface area contributed by atoms with Gasteiger partial charge in [0, 0.05) is 6.54 Å². The summed E-state index contributed by atoms with van der Waals surface area (Å²) in [5.41, 5.74) is 1.11. The van der Waals surface area contributed by atoms with E-state index in [1.54, 1.807) is 62.4 Å². The normalized spacial score (nSPS) is 13.7. The molecule has 246 valence electrons. The van der Waals surface area contributed by atoms with Crippen LogP contribution in [0.2, 0.25) is 0 Å². The number of rotatable bonds is 16. The minimum absolute atomic E-state index is 0.0431. The van der Waals surface area contributed by atoms with Crippen LogP contribution in [-0.4, -0.2) is 57.2 Å². The van der Waals surface area contributed by atoms with Crippen molar-refractivity contribution in [2.45, 2.75) is 71.4 Å². The Bertz CT molecular complexity index is 1460. The van der Waals surface area contributed by atoms with E-state index in [9.17, 15) is 29.4 Å². The summed E-state index contributed by atoms with van der Waals surface area (Å²) < 4.78 is 5.80. The molecule has 0 spiro atoms. The third kappa shape index (κ3) is 11.0. The zero-order valence-corrected chi connectivity index (χ0v) is 26.5. The maximum Gasteiger partial charge on any atom is 0.335 e. The van der Waals surface area contributed by atoms with Crippen molar-refractivity contribution < 1.29 is 39.2 Å². The van der Waals surface area contributed by atoms with Crippen LogP contribution in [0, 0.1) is 11.8 Å². The maximum atomic E-state index is 13.1. The number of aromatic carboxylic acids is 1. The number of para-hydroxylation sites is 1. The molecule has 11 heteroatoms. The Balaban J connectivity index is 1.60. The largest absolute Gasteiger partial charge is 0.478 e. The number of nitrogens with one attached hydrogen (secondary N) is 3. The fourth-order valence-corrected chi connectivity index (χ4v) is 4.77. The monoisotopic (exact) mass is 633 g/mol. The molecule has 0 heterocycles. The number of amides is 3. The van der Waals surface area contributed by atoms with Crippen LogP contribution in [0.25, 0.3) is 0 Å². The van der Waals surface area contributed by atoms with Crippen molar-refractivity contribution in [2.24, 2.45) is 11.8 Å². The van der Waals surface area contributed by atoms with Crippen LogP contribution in [-0.2, 0) is 20.9 Å². The maximum absolute atomic E-state index is 13.1. The molecule has 4 atom stereocenters. The van der Waals surface area contributed by atoms with Gasteiger partial charge in [-0.1, -0.05) is 70.2 Å². The van der Waals surface area contributed by atoms with Gasteiger partial charge in [0.05, 0.1) is 24.1 Å². The van der Waals surface area contributed by atoms with E-state index >= 15 is 0 Å². The Morgan fingerprint density at radius 1 is 0.783 bits per heavy atom. The van der Waals surface area contributed by atoms with E-state index in [1.807, 2.05) is 32.0 Å². The van der Waals surface area contributed by atoms with E-state index in [4.69, 9.17) is 9.84 Å². The van der Waals surface area contributed by atoms with Gasteiger partial charge in [0.25, 0.3) is 5.91 Å². The van der Waals surface area contributed by atoms with Gasteiger partial charge >= 0.3 is 5.97 Å². The number of carbonyl (C=O) groups excluding carboxylic acids is 3. The lowest BCUT2D eigenvalue weighted by atomic mass is 9.96. The molecule has 0 bridgehead atoms. The Kier molecular flexibility index (Phi) is 13.3. The first kappa shape index (κ1) is 35.7. The third-order valence-corrected chi connectivity index (χ3v) is 7.25. The lowest BCUT2D eigenvalue weighted by Crippen LogP contribution is -2.52. The van der Waals surface area contributed by atoms with Gasteiger partial charge < -0.3 is 36.0 Å². The van der Waals surface area contributed by atoms with Gasteiger partial charge in [0.1, 0.15) is 17.5 Å². The zero-order valence-electron chi connectivity index (χ0n) is 26.5. The molecule has 0 fully saturated rings. The van der Waals surface area contributed by atoms with Crippen LogP contribution in [0.4, 0.5) is 0 Å². The summed E-state index contributed by atoms with van der Waals surface area (Å²) in [4.78, 5) is 50.1. The number of carboxylic acid groups (broad SMARTS) is 1. The Morgan fingerprint density at radius 3 is 2.04 bits per heavy atom.